The minimum Gasteiger partial charge on any atom is -0.414 e. The summed E-state index contributed by atoms with van der Waals surface area (Å²) in [6, 6.07) is 9.97. The van der Waals surface area contributed by atoms with Gasteiger partial charge in [-0.25, -0.2) is 0 Å². The molecule has 1 aromatic carbocycles. The molecule has 0 aliphatic carbocycles. The van der Waals surface area contributed by atoms with Gasteiger partial charge in [0.05, 0.1) is 12.7 Å². The number of rotatable bonds is 5. The van der Waals surface area contributed by atoms with Gasteiger partial charge in [-0.2, -0.15) is 0 Å². The molecule has 0 saturated carbocycles. The van der Waals surface area contributed by atoms with Gasteiger partial charge in [-0.15, -0.1) is 0 Å². The minimum absolute atomic E-state index is 0.176. The summed E-state index contributed by atoms with van der Waals surface area (Å²) >= 11 is 0. The molecule has 0 aliphatic heterocycles. The van der Waals surface area contributed by atoms with Crippen molar-refractivity contribution in [1.29, 1.82) is 0 Å². The van der Waals surface area contributed by atoms with Crippen LogP contribution in [0.25, 0.3) is 6.08 Å². The molecule has 1 unspecified atom stereocenters. The molecule has 1 rings (SSSR count). The number of aliphatic hydroxyl groups is 1. The molecule has 3 heteroatoms. The Kier molecular flexibility index (Phi) is 5.53. The standard InChI is InChI=1S/C16H26O2Si/c1-16(2,3)19(4,5)18-13-15(17)12-11-14-9-7-6-8-10-14/h6-12,15,17H,13H2,1-5H3/b12-11+. The maximum atomic E-state index is 9.95. The molecule has 0 heterocycles. The summed E-state index contributed by atoms with van der Waals surface area (Å²) in [6.45, 7) is 11.4. The summed E-state index contributed by atoms with van der Waals surface area (Å²) in [5, 5.41) is 10.1. The Morgan fingerprint density at radius 1 is 1.21 bits per heavy atom. The molecule has 1 N–H and O–H groups in total. The first kappa shape index (κ1) is 16.2. The van der Waals surface area contributed by atoms with Crippen LogP contribution in [0.1, 0.15) is 26.3 Å². The van der Waals surface area contributed by atoms with Crippen LogP contribution in [0.15, 0.2) is 36.4 Å². The van der Waals surface area contributed by atoms with Crippen LogP contribution < -0.4 is 0 Å². The molecule has 0 bridgehead atoms. The van der Waals surface area contributed by atoms with Gasteiger partial charge in [0.15, 0.2) is 8.32 Å². The second kappa shape index (κ2) is 6.50. The van der Waals surface area contributed by atoms with Crippen molar-refractivity contribution < 1.29 is 9.53 Å². The van der Waals surface area contributed by atoms with Gasteiger partial charge in [-0.3, -0.25) is 0 Å². The Labute approximate surface area is 118 Å². The van der Waals surface area contributed by atoms with E-state index in [4.69, 9.17) is 4.43 Å². The lowest BCUT2D eigenvalue weighted by Crippen LogP contribution is -2.42. The maximum absolute atomic E-state index is 9.95. The molecule has 0 saturated heterocycles. The van der Waals surface area contributed by atoms with Gasteiger partial charge < -0.3 is 9.53 Å². The van der Waals surface area contributed by atoms with Gasteiger partial charge in [0, 0.05) is 0 Å². The van der Waals surface area contributed by atoms with Crippen molar-refractivity contribution in [2.24, 2.45) is 0 Å². The van der Waals surface area contributed by atoms with Gasteiger partial charge in [0.2, 0.25) is 0 Å². The van der Waals surface area contributed by atoms with Crippen LogP contribution in [0.4, 0.5) is 0 Å². The molecule has 0 aliphatic rings. The Morgan fingerprint density at radius 3 is 2.32 bits per heavy atom. The fourth-order valence-corrected chi connectivity index (χ4v) is 2.37. The highest BCUT2D eigenvalue weighted by Crippen LogP contribution is 2.36. The van der Waals surface area contributed by atoms with Gasteiger partial charge in [-0.1, -0.05) is 63.3 Å². The van der Waals surface area contributed by atoms with E-state index in [0.29, 0.717) is 6.61 Å². The summed E-state index contributed by atoms with van der Waals surface area (Å²) < 4.78 is 5.98. The second-order valence-corrected chi connectivity index (χ2v) is 11.2. The van der Waals surface area contributed by atoms with Crippen LogP contribution in [-0.2, 0) is 4.43 Å². The highest BCUT2D eigenvalue weighted by molar-refractivity contribution is 6.74. The number of benzene rings is 1. The Morgan fingerprint density at radius 2 is 1.79 bits per heavy atom. The SMILES string of the molecule is CC(C)(C)[Si](C)(C)OCC(O)/C=C/c1ccccc1. The molecule has 0 aromatic heterocycles. The molecule has 19 heavy (non-hydrogen) atoms. The van der Waals surface area contributed by atoms with E-state index in [1.165, 1.54) is 0 Å². The summed E-state index contributed by atoms with van der Waals surface area (Å²) in [6.07, 6.45) is 3.18. The monoisotopic (exact) mass is 278 g/mol. The van der Waals surface area contributed by atoms with E-state index in [0.717, 1.165) is 5.56 Å². The topological polar surface area (TPSA) is 29.5 Å². The van der Waals surface area contributed by atoms with Gasteiger partial charge in [-0.05, 0) is 23.7 Å². The summed E-state index contributed by atoms with van der Waals surface area (Å²) in [5.74, 6) is 0. The summed E-state index contributed by atoms with van der Waals surface area (Å²) in [4.78, 5) is 0. The minimum atomic E-state index is -1.77. The summed E-state index contributed by atoms with van der Waals surface area (Å²) in [7, 11) is -1.77. The zero-order valence-electron chi connectivity index (χ0n) is 12.7. The first-order chi connectivity index (χ1) is 8.72. The number of hydrogen-bond acceptors (Lipinski definition) is 2. The van der Waals surface area contributed by atoms with Gasteiger partial charge in [0.25, 0.3) is 0 Å². The molecular weight excluding hydrogens is 252 g/mol. The normalized spacial score (nSPS) is 14.8. The smallest absolute Gasteiger partial charge is 0.192 e. The van der Waals surface area contributed by atoms with E-state index in [1.54, 1.807) is 6.08 Å². The molecule has 1 aromatic rings. The molecular formula is C16H26O2Si. The highest BCUT2D eigenvalue weighted by atomic mass is 28.4. The Hall–Kier alpha value is -0.903. The zero-order valence-corrected chi connectivity index (χ0v) is 13.7. The maximum Gasteiger partial charge on any atom is 0.192 e. The van der Waals surface area contributed by atoms with Gasteiger partial charge in [0.1, 0.15) is 0 Å². The van der Waals surface area contributed by atoms with E-state index in [1.807, 2.05) is 36.4 Å². The molecule has 2 nitrogen and oxygen atoms in total. The van der Waals surface area contributed by atoms with Crippen molar-refractivity contribution in [3.05, 3.63) is 42.0 Å². The van der Waals surface area contributed by atoms with E-state index < -0.39 is 14.4 Å². The molecule has 106 valence electrons. The average molecular weight is 278 g/mol. The number of aliphatic hydroxyl groups excluding tert-OH is 1. The lowest BCUT2D eigenvalue weighted by Gasteiger charge is -2.36. The predicted octanol–water partition coefficient (Wildman–Crippen LogP) is 4.08. The van der Waals surface area contributed by atoms with E-state index in [9.17, 15) is 5.11 Å². The van der Waals surface area contributed by atoms with E-state index in [-0.39, 0.29) is 5.04 Å². The average Bonchev–Trinajstić information content (AvgIpc) is 2.34. The first-order valence-corrected chi connectivity index (χ1v) is 9.68. The largest absolute Gasteiger partial charge is 0.414 e. The van der Waals surface area contributed by atoms with Crippen molar-refractivity contribution in [3.8, 4) is 0 Å². The van der Waals surface area contributed by atoms with Crippen LogP contribution in [0, 0.1) is 0 Å². The van der Waals surface area contributed by atoms with Crippen molar-refractivity contribution >= 4 is 14.4 Å². The third-order valence-corrected chi connectivity index (χ3v) is 8.23. The lowest BCUT2D eigenvalue weighted by atomic mass is 10.2. The second-order valence-electron chi connectivity index (χ2n) is 6.41. The Bertz CT molecular complexity index is 405. The van der Waals surface area contributed by atoms with Crippen molar-refractivity contribution in [2.45, 2.75) is 45.0 Å². The van der Waals surface area contributed by atoms with Crippen LogP contribution in [0.5, 0.6) is 0 Å². The van der Waals surface area contributed by atoms with Crippen molar-refractivity contribution in [1.82, 2.24) is 0 Å². The van der Waals surface area contributed by atoms with Crippen LogP contribution in [0.2, 0.25) is 18.1 Å². The fraction of sp³-hybridized carbons (Fsp3) is 0.500. The quantitative estimate of drug-likeness (QED) is 0.822. The fourth-order valence-electron chi connectivity index (χ4n) is 1.35. The molecule has 0 fully saturated rings. The number of hydrogen-bond donors (Lipinski definition) is 1. The van der Waals surface area contributed by atoms with Crippen molar-refractivity contribution in [3.63, 3.8) is 0 Å². The van der Waals surface area contributed by atoms with E-state index in [2.05, 4.69) is 33.9 Å². The van der Waals surface area contributed by atoms with E-state index >= 15 is 0 Å². The van der Waals surface area contributed by atoms with Crippen LogP contribution in [-0.4, -0.2) is 26.1 Å². The highest BCUT2D eigenvalue weighted by Gasteiger charge is 2.37. The van der Waals surface area contributed by atoms with Crippen LogP contribution >= 0.6 is 0 Å². The van der Waals surface area contributed by atoms with Gasteiger partial charge >= 0.3 is 0 Å². The lowest BCUT2D eigenvalue weighted by molar-refractivity contribution is 0.136. The summed E-state index contributed by atoms with van der Waals surface area (Å²) in [5.41, 5.74) is 1.09. The molecule has 1 atom stereocenters. The zero-order chi connectivity index (χ0) is 14.5. The third-order valence-electron chi connectivity index (χ3n) is 3.73. The third kappa shape index (κ3) is 5.31. The first-order valence-electron chi connectivity index (χ1n) is 6.78. The Balaban J connectivity index is 2.49. The molecule has 0 radical (unpaired) electrons. The predicted molar refractivity (Wildman–Crippen MR) is 84.6 cm³/mol. The van der Waals surface area contributed by atoms with Crippen LogP contribution in [0.3, 0.4) is 0 Å². The molecule has 0 amide bonds. The molecule has 0 spiro atoms. The van der Waals surface area contributed by atoms with Crippen molar-refractivity contribution in [2.75, 3.05) is 6.61 Å².